The molecule has 0 unspecified atom stereocenters. The van der Waals surface area contributed by atoms with Crippen LogP contribution in [-0.4, -0.2) is 23.6 Å². The summed E-state index contributed by atoms with van der Waals surface area (Å²) in [5.41, 5.74) is 7.77. The van der Waals surface area contributed by atoms with Crippen molar-refractivity contribution >= 4 is 11.8 Å². The van der Waals surface area contributed by atoms with Crippen molar-refractivity contribution < 1.29 is 4.74 Å². The number of methoxy groups -OCH3 is 1. The Morgan fingerprint density at radius 3 is 3.00 bits per heavy atom. The van der Waals surface area contributed by atoms with Crippen LogP contribution in [0.15, 0.2) is 0 Å². The van der Waals surface area contributed by atoms with Crippen molar-refractivity contribution in [2.75, 3.05) is 13.7 Å². The number of thioether (sulfide) groups is 1. The molecule has 0 spiro atoms. The van der Waals surface area contributed by atoms with E-state index < -0.39 is 0 Å². The first-order valence-electron chi connectivity index (χ1n) is 5.05. The highest BCUT2D eigenvalue weighted by Gasteiger charge is 2.19. The van der Waals surface area contributed by atoms with E-state index in [-0.39, 0.29) is 0 Å². The normalized spacial score (nSPS) is 14.0. The molecule has 0 aromatic carbocycles. The minimum absolute atomic E-state index is 0.678. The lowest BCUT2D eigenvalue weighted by atomic mass is 10.2. The smallest absolute Gasteiger partial charge is 0.220 e. The highest BCUT2D eigenvalue weighted by Crippen LogP contribution is 2.33. The van der Waals surface area contributed by atoms with Gasteiger partial charge in [0.15, 0.2) is 0 Å². The molecule has 0 bridgehead atoms. The van der Waals surface area contributed by atoms with Gasteiger partial charge in [0.25, 0.3) is 0 Å². The van der Waals surface area contributed by atoms with E-state index in [9.17, 15) is 0 Å². The monoisotopic (exact) mass is 225 g/mol. The summed E-state index contributed by atoms with van der Waals surface area (Å²) in [4.78, 5) is 8.93. The van der Waals surface area contributed by atoms with Crippen molar-refractivity contribution in [1.29, 1.82) is 0 Å². The van der Waals surface area contributed by atoms with Gasteiger partial charge in [0.1, 0.15) is 5.82 Å². The van der Waals surface area contributed by atoms with Crippen molar-refractivity contribution in [3.05, 3.63) is 17.1 Å². The Morgan fingerprint density at radius 2 is 2.27 bits per heavy atom. The summed E-state index contributed by atoms with van der Waals surface area (Å²) in [7, 11) is 1.66. The van der Waals surface area contributed by atoms with Crippen LogP contribution in [0.25, 0.3) is 0 Å². The van der Waals surface area contributed by atoms with Crippen LogP contribution in [-0.2, 0) is 17.9 Å². The van der Waals surface area contributed by atoms with Gasteiger partial charge in [-0.1, -0.05) is 0 Å². The second-order valence-electron chi connectivity index (χ2n) is 3.46. The van der Waals surface area contributed by atoms with Gasteiger partial charge in [0.2, 0.25) is 5.88 Å². The van der Waals surface area contributed by atoms with E-state index in [4.69, 9.17) is 10.5 Å². The van der Waals surface area contributed by atoms with Crippen molar-refractivity contribution in [3.63, 3.8) is 0 Å². The molecule has 5 heteroatoms. The molecule has 2 N–H and O–H groups in total. The highest BCUT2D eigenvalue weighted by atomic mass is 32.2. The van der Waals surface area contributed by atoms with E-state index in [1.165, 1.54) is 5.56 Å². The first-order valence-corrected chi connectivity index (χ1v) is 6.21. The fourth-order valence-corrected chi connectivity index (χ4v) is 2.64. The summed E-state index contributed by atoms with van der Waals surface area (Å²) >= 11 is 1.86. The van der Waals surface area contributed by atoms with Crippen LogP contribution in [0, 0.1) is 0 Å². The molecule has 0 atom stereocenters. The van der Waals surface area contributed by atoms with Gasteiger partial charge >= 0.3 is 0 Å². The molecule has 0 saturated heterocycles. The average Bonchev–Trinajstić information content (AvgIpc) is 2.73. The van der Waals surface area contributed by atoms with Crippen LogP contribution in [0.2, 0.25) is 0 Å². The maximum Gasteiger partial charge on any atom is 0.220 e. The quantitative estimate of drug-likeness (QED) is 0.832. The second-order valence-corrected chi connectivity index (χ2v) is 4.44. The summed E-state index contributed by atoms with van der Waals surface area (Å²) in [5.74, 6) is 3.55. The van der Waals surface area contributed by atoms with Crippen LogP contribution in [0.3, 0.4) is 0 Å². The number of nitrogens with two attached hydrogens (primary N) is 1. The summed E-state index contributed by atoms with van der Waals surface area (Å²) in [5, 5.41) is 0. The minimum atomic E-state index is 0.678. The standard InChI is InChI=1S/C10H15N3OS/c1-14-10-7-5-15-6-8(7)12-9(13-10)3-2-4-11/h2-6,11H2,1H3. The maximum atomic E-state index is 5.47. The number of aryl methyl sites for hydroxylation is 1. The van der Waals surface area contributed by atoms with E-state index in [1.807, 2.05) is 11.8 Å². The summed E-state index contributed by atoms with van der Waals surface area (Å²) in [6, 6.07) is 0. The molecule has 0 radical (unpaired) electrons. The number of fused-ring (bicyclic) bond motifs is 1. The Morgan fingerprint density at radius 1 is 1.40 bits per heavy atom. The van der Waals surface area contributed by atoms with Gasteiger partial charge < -0.3 is 10.5 Å². The summed E-state index contributed by atoms with van der Waals surface area (Å²) in [6.45, 7) is 0.678. The molecule has 0 amide bonds. The molecule has 0 aliphatic carbocycles. The first-order chi connectivity index (χ1) is 7.35. The molecular weight excluding hydrogens is 210 g/mol. The number of aromatic nitrogens is 2. The average molecular weight is 225 g/mol. The first kappa shape index (κ1) is 10.7. The van der Waals surface area contributed by atoms with Crippen molar-refractivity contribution in [2.24, 2.45) is 5.73 Å². The van der Waals surface area contributed by atoms with Crippen molar-refractivity contribution in [2.45, 2.75) is 24.3 Å². The molecule has 1 aromatic rings. The number of nitrogens with zero attached hydrogens (tertiary/aromatic N) is 2. The van der Waals surface area contributed by atoms with Crippen LogP contribution >= 0.6 is 11.8 Å². The van der Waals surface area contributed by atoms with Gasteiger partial charge in [-0.2, -0.15) is 16.7 Å². The number of hydrogen-bond acceptors (Lipinski definition) is 5. The lowest BCUT2D eigenvalue weighted by molar-refractivity contribution is 0.390. The Hall–Kier alpha value is -0.810. The molecule has 82 valence electrons. The minimum Gasteiger partial charge on any atom is -0.481 e. The van der Waals surface area contributed by atoms with Gasteiger partial charge in [-0.25, -0.2) is 4.98 Å². The molecule has 2 rings (SSSR count). The number of rotatable bonds is 4. The van der Waals surface area contributed by atoms with Gasteiger partial charge in [-0.3, -0.25) is 0 Å². The number of ether oxygens (including phenoxy) is 1. The predicted octanol–water partition coefficient (Wildman–Crippen LogP) is 1.12. The summed E-state index contributed by atoms with van der Waals surface area (Å²) in [6.07, 6.45) is 1.76. The fourth-order valence-electron chi connectivity index (χ4n) is 1.61. The van der Waals surface area contributed by atoms with Crippen LogP contribution in [0.1, 0.15) is 23.5 Å². The molecule has 0 saturated carbocycles. The van der Waals surface area contributed by atoms with Gasteiger partial charge in [-0.15, -0.1) is 0 Å². The van der Waals surface area contributed by atoms with Crippen molar-refractivity contribution in [1.82, 2.24) is 9.97 Å². The Labute approximate surface area is 93.6 Å². The molecule has 0 fully saturated rings. The van der Waals surface area contributed by atoms with Gasteiger partial charge in [0.05, 0.1) is 12.8 Å². The second kappa shape index (κ2) is 4.81. The van der Waals surface area contributed by atoms with E-state index in [1.54, 1.807) is 7.11 Å². The fraction of sp³-hybridized carbons (Fsp3) is 0.600. The number of hydrogen-bond donors (Lipinski definition) is 1. The third-order valence-electron chi connectivity index (χ3n) is 2.38. The van der Waals surface area contributed by atoms with Crippen LogP contribution in [0.4, 0.5) is 0 Å². The van der Waals surface area contributed by atoms with E-state index in [0.717, 1.165) is 41.7 Å². The third kappa shape index (κ3) is 2.23. The maximum absolute atomic E-state index is 5.47. The molecule has 4 nitrogen and oxygen atoms in total. The van der Waals surface area contributed by atoms with E-state index in [2.05, 4.69) is 9.97 Å². The van der Waals surface area contributed by atoms with E-state index >= 15 is 0 Å². The largest absolute Gasteiger partial charge is 0.481 e. The molecular formula is C10H15N3OS. The zero-order valence-electron chi connectivity index (χ0n) is 8.82. The third-order valence-corrected chi connectivity index (χ3v) is 3.35. The zero-order chi connectivity index (χ0) is 10.7. The van der Waals surface area contributed by atoms with Crippen LogP contribution in [0.5, 0.6) is 5.88 Å². The lowest BCUT2D eigenvalue weighted by Gasteiger charge is -2.07. The molecule has 1 aliphatic rings. The Balaban J connectivity index is 2.26. The highest BCUT2D eigenvalue weighted by molar-refractivity contribution is 7.98. The SMILES string of the molecule is COc1nc(CCCN)nc2c1CSC2. The Bertz CT molecular complexity index is 357. The predicted molar refractivity (Wildman–Crippen MR) is 61.0 cm³/mol. The molecule has 15 heavy (non-hydrogen) atoms. The summed E-state index contributed by atoms with van der Waals surface area (Å²) < 4.78 is 5.28. The molecule has 1 aromatic heterocycles. The van der Waals surface area contributed by atoms with Gasteiger partial charge in [-0.05, 0) is 13.0 Å². The Kier molecular flexibility index (Phi) is 3.43. The molecule has 1 aliphatic heterocycles. The van der Waals surface area contributed by atoms with Crippen LogP contribution < -0.4 is 10.5 Å². The van der Waals surface area contributed by atoms with Gasteiger partial charge in [0, 0.05) is 23.5 Å². The molecule has 2 heterocycles. The van der Waals surface area contributed by atoms with Crippen molar-refractivity contribution in [3.8, 4) is 5.88 Å². The topological polar surface area (TPSA) is 61.0 Å². The lowest BCUT2D eigenvalue weighted by Crippen LogP contribution is -2.07. The van der Waals surface area contributed by atoms with E-state index in [0.29, 0.717) is 6.54 Å². The zero-order valence-corrected chi connectivity index (χ0v) is 9.64.